The maximum absolute atomic E-state index is 11.4. The number of ether oxygens (including phenoxy) is 1. The van der Waals surface area contributed by atoms with Crippen LogP contribution >= 0.6 is 34.8 Å². The highest BCUT2D eigenvalue weighted by Gasteiger charge is 2.25. The molecule has 7 heteroatoms. The maximum Gasteiger partial charge on any atom is 0.307 e. The van der Waals surface area contributed by atoms with Crippen molar-refractivity contribution in [2.24, 2.45) is 5.92 Å². The van der Waals surface area contributed by atoms with Crippen LogP contribution in [0.5, 0.6) is 0 Å². The van der Waals surface area contributed by atoms with E-state index in [1.165, 1.54) is 0 Å². The van der Waals surface area contributed by atoms with Gasteiger partial charge in [0.05, 0.1) is 12.3 Å². The average Bonchev–Trinajstić information content (AvgIpc) is 2.24. The van der Waals surface area contributed by atoms with Gasteiger partial charge in [-0.2, -0.15) is 0 Å². The van der Waals surface area contributed by atoms with Crippen molar-refractivity contribution in [3.05, 3.63) is 0 Å². The highest BCUT2D eigenvalue weighted by atomic mass is 35.6. The highest BCUT2D eigenvalue weighted by molar-refractivity contribution is 6.67. The lowest BCUT2D eigenvalue weighted by Gasteiger charge is -2.14. The molecule has 0 spiro atoms. The fraction of sp³-hybridized carbons (Fsp3) is 0.818. The smallest absolute Gasteiger partial charge is 0.307 e. The molecule has 1 N–H and O–H groups in total. The van der Waals surface area contributed by atoms with Crippen molar-refractivity contribution in [3.8, 4) is 0 Å². The highest BCUT2D eigenvalue weighted by Crippen LogP contribution is 2.26. The summed E-state index contributed by atoms with van der Waals surface area (Å²) in [5.41, 5.74) is 0. The Hall–Kier alpha value is -0.190. The summed E-state index contributed by atoms with van der Waals surface area (Å²) in [7, 11) is 0. The Balaban J connectivity index is 4.08. The third kappa shape index (κ3) is 9.80. The Bertz CT molecular complexity index is 276. The van der Waals surface area contributed by atoms with E-state index in [0.717, 1.165) is 19.3 Å². The van der Waals surface area contributed by atoms with Gasteiger partial charge in [-0.15, -0.1) is 0 Å². The Kier molecular flexibility index (Phi) is 8.74. The van der Waals surface area contributed by atoms with Gasteiger partial charge in [0.25, 0.3) is 0 Å². The van der Waals surface area contributed by atoms with Gasteiger partial charge in [-0.1, -0.05) is 61.0 Å². The van der Waals surface area contributed by atoms with Crippen molar-refractivity contribution >= 4 is 46.7 Å². The zero-order valence-corrected chi connectivity index (χ0v) is 12.4. The Morgan fingerprint density at radius 1 is 1.28 bits per heavy atom. The summed E-state index contributed by atoms with van der Waals surface area (Å²) in [5.74, 6) is -2.40. The Morgan fingerprint density at radius 2 is 1.89 bits per heavy atom. The van der Waals surface area contributed by atoms with Crippen LogP contribution in [0.15, 0.2) is 0 Å². The Morgan fingerprint density at radius 3 is 2.33 bits per heavy atom. The van der Waals surface area contributed by atoms with E-state index in [0.29, 0.717) is 6.42 Å². The molecule has 0 aliphatic carbocycles. The minimum Gasteiger partial charge on any atom is -0.481 e. The van der Waals surface area contributed by atoms with Gasteiger partial charge in [-0.05, 0) is 6.42 Å². The lowest BCUT2D eigenvalue weighted by molar-refractivity contribution is -0.151. The van der Waals surface area contributed by atoms with Crippen molar-refractivity contribution in [1.82, 2.24) is 0 Å². The van der Waals surface area contributed by atoms with Crippen LogP contribution in [0, 0.1) is 5.92 Å². The maximum atomic E-state index is 11.4. The molecule has 0 aliphatic heterocycles. The molecular formula is C11H17Cl3O4. The molecule has 0 heterocycles. The summed E-state index contributed by atoms with van der Waals surface area (Å²) >= 11 is 16.2. The number of carboxylic acids is 1. The lowest BCUT2D eigenvalue weighted by atomic mass is 9.98. The third-order valence-corrected chi connectivity index (χ3v) is 2.64. The second-order valence-corrected chi connectivity index (χ2v) is 6.53. The normalized spacial score (nSPS) is 13.1. The van der Waals surface area contributed by atoms with E-state index < -0.39 is 21.6 Å². The van der Waals surface area contributed by atoms with Crippen LogP contribution in [0.3, 0.4) is 0 Å². The molecule has 0 rings (SSSR count). The van der Waals surface area contributed by atoms with Crippen LogP contribution in [0.2, 0.25) is 0 Å². The van der Waals surface area contributed by atoms with Gasteiger partial charge < -0.3 is 9.84 Å². The molecule has 0 saturated heterocycles. The van der Waals surface area contributed by atoms with E-state index in [2.05, 4.69) is 0 Å². The van der Waals surface area contributed by atoms with Crippen molar-refractivity contribution in [1.29, 1.82) is 0 Å². The van der Waals surface area contributed by atoms with E-state index >= 15 is 0 Å². The summed E-state index contributed by atoms with van der Waals surface area (Å²) in [4.78, 5) is 22.3. The topological polar surface area (TPSA) is 63.6 Å². The second kappa shape index (κ2) is 8.83. The number of carboxylic acid groups (broad SMARTS) is 1. The van der Waals surface area contributed by atoms with Gasteiger partial charge in [0.2, 0.25) is 3.79 Å². The molecule has 1 atom stereocenters. The summed E-state index contributed by atoms with van der Waals surface area (Å²) < 4.78 is 3.03. The standard InChI is InChI=1S/C11H17Cl3O4/c1-2-3-4-5-8(10(16)17)6-9(15)18-7-11(12,13)14/h8H,2-7H2,1H3,(H,16,17)/t8-/m0/s1. The number of rotatable bonds is 8. The van der Waals surface area contributed by atoms with Crippen molar-refractivity contribution < 1.29 is 19.4 Å². The summed E-state index contributed by atoms with van der Waals surface area (Å²) in [5, 5.41) is 8.96. The quantitative estimate of drug-likeness (QED) is 0.422. The van der Waals surface area contributed by atoms with Crippen LogP contribution in [-0.4, -0.2) is 27.4 Å². The molecule has 0 aromatic rings. The van der Waals surface area contributed by atoms with Gasteiger partial charge in [-0.25, -0.2) is 0 Å². The molecule has 0 radical (unpaired) electrons. The van der Waals surface area contributed by atoms with E-state index in [1.807, 2.05) is 6.92 Å². The average molecular weight is 320 g/mol. The molecule has 0 aromatic carbocycles. The van der Waals surface area contributed by atoms with E-state index in [-0.39, 0.29) is 13.0 Å². The number of unbranched alkanes of at least 4 members (excludes halogenated alkanes) is 2. The van der Waals surface area contributed by atoms with Crippen LogP contribution < -0.4 is 0 Å². The molecule has 0 aromatic heterocycles. The van der Waals surface area contributed by atoms with Gasteiger partial charge in [0.15, 0.2) is 0 Å². The first-order valence-electron chi connectivity index (χ1n) is 5.71. The number of aliphatic carboxylic acids is 1. The second-order valence-electron chi connectivity index (χ2n) is 4.01. The van der Waals surface area contributed by atoms with Crippen LogP contribution in [0.1, 0.15) is 39.0 Å². The predicted octanol–water partition coefficient (Wildman–Crippen LogP) is 3.57. The van der Waals surface area contributed by atoms with Crippen molar-refractivity contribution in [2.75, 3.05) is 6.61 Å². The van der Waals surface area contributed by atoms with E-state index in [1.54, 1.807) is 0 Å². The molecule has 0 aliphatic rings. The first-order chi connectivity index (χ1) is 8.26. The van der Waals surface area contributed by atoms with Gasteiger partial charge in [0.1, 0.15) is 6.61 Å². The minimum absolute atomic E-state index is 0.195. The number of alkyl halides is 3. The SMILES string of the molecule is CCCCC[C@@H](CC(=O)OCC(Cl)(Cl)Cl)C(=O)O. The number of carbonyl (C=O) groups excluding carboxylic acids is 1. The molecule has 0 fully saturated rings. The van der Waals surface area contributed by atoms with Crippen LogP contribution in [-0.2, 0) is 14.3 Å². The summed E-state index contributed by atoms with van der Waals surface area (Å²) in [6.07, 6.45) is 2.95. The predicted molar refractivity (Wildman–Crippen MR) is 71.1 cm³/mol. The minimum atomic E-state index is -1.67. The van der Waals surface area contributed by atoms with Crippen LogP contribution in [0.25, 0.3) is 0 Å². The van der Waals surface area contributed by atoms with E-state index in [9.17, 15) is 9.59 Å². The van der Waals surface area contributed by atoms with Gasteiger partial charge >= 0.3 is 11.9 Å². The molecule has 0 saturated carbocycles. The monoisotopic (exact) mass is 318 g/mol. The fourth-order valence-corrected chi connectivity index (χ4v) is 1.54. The van der Waals surface area contributed by atoms with Gasteiger partial charge in [-0.3, -0.25) is 9.59 Å². The van der Waals surface area contributed by atoms with Crippen molar-refractivity contribution in [2.45, 2.75) is 42.8 Å². The Labute approximate surface area is 122 Å². The molecule has 106 valence electrons. The fourth-order valence-electron chi connectivity index (χ4n) is 1.38. The zero-order chi connectivity index (χ0) is 14.2. The number of carbonyl (C=O) groups is 2. The molecule has 4 nitrogen and oxygen atoms in total. The zero-order valence-electron chi connectivity index (χ0n) is 10.1. The van der Waals surface area contributed by atoms with Gasteiger partial charge in [0, 0.05) is 0 Å². The molecule has 18 heavy (non-hydrogen) atoms. The molecule has 0 unspecified atom stereocenters. The molecular weight excluding hydrogens is 302 g/mol. The van der Waals surface area contributed by atoms with E-state index in [4.69, 9.17) is 44.6 Å². The third-order valence-electron chi connectivity index (χ3n) is 2.32. The summed E-state index contributed by atoms with van der Waals surface area (Å²) in [6.45, 7) is 1.64. The molecule has 0 bridgehead atoms. The molecule has 0 amide bonds. The first-order valence-corrected chi connectivity index (χ1v) is 6.84. The van der Waals surface area contributed by atoms with Crippen molar-refractivity contribution in [3.63, 3.8) is 0 Å². The number of hydrogen-bond donors (Lipinski definition) is 1. The number of hydrogen-bond acceptors (Lipinski definition) is 3. The lowest BCUT2D eigenvalue weighted by Crippen LogP contribution is -2.22. The first kappa shape index (κ1) is 17.8. The van der Waals surface area contributed by atoms with Crippen LogP contribution in [0.4, 0.5) is 0 Å². The largest absolute Gasteiger partial charge is 0.481 e. The summed E-state index contributed by atoms with van der Waals surface area (Å²) in [6, 6.07) is 0. The number of esters is 1. The number of halogens is 3.